The molecular formula is C22H27NO5. The SMILES string of the molecule is CC(=O)c1ccc(OOC[C@H](Cc2ccccc2)NC(=O)OC(C)(C)C)cc1. The van der Waals surface area contributed by atoms with Crippen molar-refractivity contribution in [2.24, 2.45) is 0 Å². The van der Waals surface area contributed by atoms with Gasteiger partial charge >= 0.3 is 6.09 Å². The molecule has 1 atom stereocenters. The van der Waals surface area contributed by atoms with E-state index >= 15 is 0 Å². The third-order valence-electron chi connectivity index (χ3n) is 3.73. The third-order valence-corrected chi connectivity index (χ3v) is 3.73. The van der Waals surface area contributed by atoms with Gasteiger partial charge < -0.3 is 14.9 Å². The molecule has 0 aliphatic rings. The minimum Gasteiger partial charge on any atom is -0.444 e. The first-order chi connectivity index (χ1) is 13.2. The first-order valence-electron chi connectivity index (χ1n) is 9.17. The summed E-state index contributed by atoms with van der Waals surface area (Å²) in [6.07, 6.45) is 0.0510. The number of amides is 1. The molecular weight excluding hydrogens is 358 g/mol. The molecule has 6 heteroatoms. The minimum atomic E-state index is -0.586. The van der Waals surface area contributed by atoms with Crippen LogP contribution in [0.2, 0.25) is 0 Å². The van der Waals surface area contributed by atoms with E-state index in [9.17, 15) is 9.59 Å². The van der Waals surface area contributed by atoms with Crippen LogP contribution in [0.25, 0.3) is 0 Å². The molecule has 0 saturated carbocycles. The molecule has 28 heavy (non-hydrogen) atoms. The molecule has 0 saturated heterocycles. The molecule has 6 nitrogen and oxygen atoms in total. The highest BCUT2D eigenvalue weighted by atomic mass is 17.2. The first-order valence-corrected chi connectivity index (χ1v) is 9.17. The average Bonchev–Trinajstić information content (AvgIpc) is 2.61. The Hall–Kier alpha value is -2.86. The minimum absolute atomic E-state index is 0.0167. The molecule has 2 aromatic carbocycles. The summed E-state index contributed by atoms with van der Waals surface area (Å²) in [4.78, 5) is 34.1. The van der Waals surface area contributed by atoms with Crippen LogP contribution in [0, 0.1) is 0 Å². The second-order valence-electron chi connectivity index (χ2n) is 7.48. The topological polar surface area (TPSA) is 73.9 Å². The molecule has 1 amide bonds. The van der Waals surface area contributed by atoms with Gasteiger partial charge in [-0.15, -0.1) is 0 Å². The summed E-state index contributed by atoms with van der Waals surface area (Å²) in [7, 11) is 0. The Morgan fingerprint density at radius 1 is 1.00 bits per heavy atom. The van der Waals surface area contributed by atoms with E-state index in [1.807, 2.05) is 51.1 Å². The van der Waals surface area contributed by atoms with E-state index in [2.05, 4.69) is 5.32 Å². The van der Waals surface area contributed by atoms with Crippen molar-refractivity contribution in [2.75, 3.05) is 6.61 Å². The van der Waals surface area contributed by atoms with Gasteiger partial charge in [0.05, 0.1) is 6.04 Å². The maximum absolute atomic E-state index is 12.1. The van der Waals surface area contributed by atoms with E-state index in [-0.39, 0.29) is 18.4 Å². The molecule has 0 heterocycles. The van der Waals surface area contributed by atoms with Crippen LogP contribution in [-0.2, 0) is 16.0 Å². The summed E-state index contributed by atoms with van der Waals surface area (Å²) in [6.45, 7) is 7.06. The normalized spacial score (nSPS) is 12.1. The van der Waals surface area contributed by atoms with E-state index in [4.69, 9.17) is 14.5 Å². The number of ketones is 1. The summed E-state index contributed by atoms with van der Waals surface area (Å²) >= 11 is 0. The predicted molar refractivity (Wildman–Crippen MR) is 106 cm³/mol. The van der Waals surface area contributed by atoms with Crippen LogP contribution in [0.1, 0.15) is 43.6 Å². The smallest absolute Gasteiger partial charge is 0.407 e. The molecule has 0 spiro atoms. The van der Waals surface area contributed by atoms with Crippen molar-refractivity contribution in [2.45, 2.75) is 45.8 Å². The van der Waals surface area contributed by atoms with Crippen molar-refractivity contribution in [1.29, 1.82) is 0 Å². The van der Waals surface area contributed by atoms with E-state index in [1.54, 1.807) is 24.3 Å². The fourth-order valence-electron chi connectivity index (χ4n) is 2.45. The van der Waals surface area contributed by atoms with Crippen LogP contribution in [-0.4, -0.2) is 30.1 Å². The number of alkyl carbamates (subject to hydrolysis) is 1. The Balaban J connectivity index is 1.94. The monoisotopic (exact) mass is 385 g/mol. The lowest BCUT2D eigenvalue weighted by Crippen LogP contribution is -2.43. The second kappa shape index (κ2) is 9.90. The maximum Gasteiger partial charge on any atom is 0.407 e. The van der Waals surface area contributed by atoms with Crippen LogP contribution in [0.5, 0.6) is 5.75 Å². The van der Waals surface area contributed by atoms with Crippen LogP contribution in [0.3, 0.4) is 0 Å². The summed E-state index contributed by atoms with van der Waals surface area (Å²) in [5, 5.41) is 2.82. The van der Waals surface area contributed by atoms with Crippen molar-refractivity contribution in [3.8, 4) is 5.75 Å². The standard InChI is InChI=1S/C22H27NO5/c1-16(24)18-10-12-20(13-11-18)28-26-15-19(14-17-8-6-5-7-9-17)23-21(25)27-22(2,3)4/h5-13,19H,14-15H2,1-4H3,(H,23,25)/t19-/m0/s1. The van der Waals surface area contributed by atoms with Gasteiger partial charge in [0, 0.05) is 5.56 Å². The predicted octanol–water partition coefficient (Wildman–Crippen LogP) is 4.34. The summed E-state index contributed by atoms with van der Waals surface area (Å²) in [6, 6.07) is 16.1. The molecule has 1 N–H and O–H groups in total. The Kier molecular flexibility index (Phi) is 7.58. The van der Waals surface area contributed by atoms with E-state index in [0.717, 1.165) is 5.56 Å². The average molecular weight is 385 g/mol. The van der Waals surface area contributed by atoms with Gasteiger partial charge in [-0.25, -0.2) is 4.79 Å². The zero-order valence-corrected chi connectivity index (χ0v) is 16.7. The summed E-state index contributed by atoms with van der Waals surface area (Å²) < 4.78 is 5.33. The number of carbonyl (C=O) groups excluding carboxylic acids is 2. The lowest BCUT2D eigenvalue weighted by atomic mass is 10.1. The highest BCUT2D eigenvalue weighted by Gasteiger charge is 2.20. The van der Waals surface area contributed by atoms with Gasteiger partial charge in [0.2, 0.25) is 0 Å². The fourth-order valence-corrected chi connectivity index (χ4v) is 2.45. The number of carbonyl (C=O) groups is 2. The number of nitrogens with one attached hydrogen (secondary N) is 1. The highest BCUT2D eigenvalue weighted by molar-refractivity contribution is 5.94. The molecule has 0 fully saturated rings. The van der Waals surface area contributed by atoms with Gasteiger partial charge in [-0.2, -0.15) is 4.89 Å². The zero-order valence-electron chi connectivity index (χ0n) is 16.7. The molecule has 0 aliphatic carbocycles. The number of rotatable bonds is 8. The van der Waals surface area contributed by atoms with Crippen molar-refractivity contribution < 1.29 is 24.1 Å². The van der Waals surface area contributed by atoms with Gasteiger partial charge in [-0.3, -0.25) is 4.79 Å². The zero-order chi connectivity index (χ0) is 20.6. The Labute approximate surface area is 165 Å². The largest absolute Gasteiger partial charge is 0.444 e. The maximum atomic E-state index is 12.1. The molecule has 0 unspecified atom stereocenters. The van der Waals surface area contributed by atoms with Gasteiger partial charge in [-0.05, 0) is 63.9 Å². The highest BCUT2D eigenvalue weighted by Crippen LogP contribution is 2.14. The van der Waals surface area contributed by atoms with E-state index in [1.165, 1.54) is 6.92 Å². The lowest BCUT2D eigenvalue weighted by Gasteiger charge is -2.23. The molecule has 0 radical (unpaired) electrons. The summed E-state index contributed by atoms with van der Waals surface area (Å²) in [5.74, 6) is 0.456. The number of benzene rings is 2. The van der Waals surface area contributed by atoms with Crippen LogP contribution in [0.4, 0.5) is 4.79 Å². The first kappa shape index (κ1) is 21.4. The molecule has 0 bridgehead atoms. The molecule has 0 aliphatic heterocycles. The number of Topliss-reactive ketones (excluding diaryl/α,β-unsaturated/α-hetero) is 1. The van der Waals surface area contributed by atoms with Crippen LogP contribution < -0.4 is 10.2 Å². The number of hydrogen-bond donors (Lipinski definition) is 1. The third kappa shape index (κ3) is 7.80. The van der Waals surface area contributed by atoms with Crippen molar-refractivity contribution in [3.05, 3.63) is 65.7 Å². The van der Waals surface area contributed by atoms with Crippen LogP contribution >= 0.6 is 0 Å². The summed E-state index contributed by atoms with van der Waals surface area (Å²) in [5.41, 5.74) is 1.07. The number of hydrogen-bond acceptors (Lipinski definition) is 5. The van der Waals surface area contributed by atoms with Crippen molar-refractivity contribution in [1.82, 2.24) is 5.32 Å². The second-order valence-corrected chi connectivity index (χ2v) is 7.48. The van der Waals surface area contributed by atoms with E-state index in [0.29, 0.717) is 17.7 Å². The van der Waals surface area contributed by atoms with Crippen LogP contribution in [0.15, 0.2) is 54.6 Å². The lowest BCUT2D eigenvalue weighted by molar-refractivity contribution is -0.211. The Morgan fingerprint density at radius 3 is 2.21 bits per heavy atom. The van der Waals surface area contributed by atoms with E-state index < -0.39 is 11.7 Å². The van der Waals surface area contributed by atoms with Gasteiger partial charge in [0.15, 0.2) is 11.5 Å². The fraction of sp³-hybridized carbons (Fsp3) is 0.364. The van der Waals surface area contributed by atoms with Gasteiger partial charge in [-0.1, -0.05) is 30.3 Å². The molecule has 150 valence electrons. The number of ether oxygens (including phenoxy) is 1. The Bertz CT molecular complexity index is 766. The van der Waals surface area contributed by atoms with Crippen molar-refractivity contribution >= 4 is 11.9 Å². The molecule has 0 aromatic heterocycles. The van der Waals surface area contributed by atoms with Gasteiger partial charge in [0.1, 0.15) is 12.2 Å². The Morgan fingerprint density at radius 2 is 1.64 bits per heavy atom. The quantitative estimate of drug-likeness (QED) is 0.416. The van der Waals surface area contributed by atoms with Crippen molar-refractivity contribution in [3.63, 3.8) is 0 Å². The molecule has 2 rings (SSSR count). The van der Waals surface area contributed by atoms with Gasteiger partial charge in [0.25, 0.3) is 0 Å². The molecule has 2 aromatic rings.